The summed E-state index contributed by atoms with van der Waals surface area (Å²) in [4.78, 5) is 12.0. The Kier molecular flexibility index (Phi) is 6.60. The number of benzene rings is 2. The molecule has 0 N–H and O–H groups in total. The van der Waals surface area contributed by atoms with Crippen LogP contribution in [-0.4, -0.2) is 37.7 Å². The molecular weight excluding hydrogens is 424 g/mol. The van der Waals surface area contributed by atoms with Crippen LogP contribution in [0.5, 0.6) is 0 Å². The average Bonchev–Trinajstić information content (AvgIpc) is 3.03. The van der Waals surface area contributed by atoms with E-state index in [1.165, 1.54) is 11.5 Å². The number of carbonyl (C=O) groups is 1. The van der Waals surface area contributed by atoms with Gasteiger partial charge < -0.3 is 4.74 Å². The maximum Gasteiger partial charge on any atom is 0.333 e. The van der Waals surface area contributed by atoms with E-state index in [-0.39, 0.29) is 4.90 Å². The van der Waals surface area contributed by atoms with Gasteiger partial charge in [0.1, 0.15) is 0 Å². The zero-order valence-electron chi connectivity index (χ0n) is 19.3. The fraction of sp³-hybridized carbons (Fsp3) is 0.360. The van der Waals surface area contributed by atoms with Crippen molar-refractivity contribution in [3.63, 3.8) is 0 Å². The van der Waals surface area contributed by atoms with Crippen molar-refractivity contribution < 1.29 is 17.9 Å². The minimum absolute atomic E-state index is 0.185. The third kappa shape index (κ3) is 4.48. The molecule has 2 aromatic rings. The molecule has 1 aliphatic heterocycles. The Labute approximate surface area is 190 Å². The molecule has 3 rings (SSSR count). The van der Waals surface area contributed by atoms with Crippen LogP contribution >= 0.6 is 0 Å². The van der Waals surface area contributed by atoms with E-state index in [1.54, 1.807) is 24.3 Å². The summed E-state index contributed by atoms with van der Waals surface area (Å²) in [6.45, 7) is 11.7. The molecule has 1 aliphatic rings. The number of carbonyl (C=O) groups excluding carboxylic acids is 1. The topological polar surface area (TPSA) is 76.0 Å². The van der Waals surface area contributed by atoms with Gasteiger partial charge in [-0.1, -0.05) is 68.0 Å². The van der Waals surface area contributed by atoms with Crippen LogP contribution < -0.4 is 0 Å². The third-order valence-electron chi connectivity index (χ3n) is 5.99. The molecule has 0 bridgehead atoms. The molecule has 0 saturated carbocycles. The Hall–Kier alpha value is -2.93. The summed E-state index contributed by atoms with van der Waals surface area (Å²) in [5.41, 5.74) is 3.37. The van der Waals surface area contributed by atoms with Gasteiger partial charge in [-0.25, -0.2) is 4.79 Å². The standard InChI is InChI=1S/C25H30N2O4S/c1-17-7-12-20(13-8-17)23-25(4,5)22(16-11-19(3)24(28)31-6)27(26-23)32(29,30)21-14-9-18(2)10-15-21/h7-10,12-15,22H,3,11,16H2,1-2,4-6H3/t22-/m0/s1. The summed E-state index contributed by atoms with van der Waals surface area (Å²) >= 11 is 0. The Morgan fingerprint density at radius 1 is 1.06 bits per heavy atom. The van der Waals surface area contributed by atoms with Gasteiger partial charge in [0.2, 0.25) is 0 Å². The molecule has 0 amide bonds. The number of ether oxygens (including phenoxy) is 1. The summed E-state index contributed by atoms with van der Waals surface area (Å²) in [6.07, 6.45) is 0.683. The maximum atomic E-state index is 13.6. The van der Waals surface area contributed by atoms with Crippen LogP contribution in [0.15, 0.2) is 70.7 Å². The second kappa shape index (κ2) is 8.90. The number of hydrogen-bond donors (Lipinski definition) is 0. The number of hydrogen-bond acceptors (Lipinski definition) is 5. The van der Waals surface area contributed by atoms with E-state index in [0.717, 1.165) is 16.7 Å². The lowest BCUT2D eigenvalue weighted by molar-refractivity contribution is -0.136. The lowest BCUT2D eigenvalue weighted by Crippen LogP contribution is -2.42. The van der Waals surface area contributed by atoms with Gasteiger partial charge in [-0.3, -0.25) is 0 Å². The van der Waals surface area contributed by atoms with Crippen LogP contribution in [0.3, 0.4) is 0 Å². The van der Waals surface area contributed by atoms with Crippen LogP contribution in [0.1, 0.15) is 43.4 Å². The highest BCUT2D eigenvalue weighted by Gasteiger charge is 2.49. The van der Waals surface area contributed by atoms with Crippen molar-refractivity contribution in [2.45, 2.75) is 51.5 Å². The Morgan fingerprint density at radius 3 is 2.12 bits per heavy atom. The largest absolute Gasteiger partial charge is 0.466 e. The van der Waals surface area contributed by atoms with Crippen molar-refractivity contribution in [3.05, 3.63) is 77.4 Å². The Balaban J connectivity index is 2.05. The monoisotopic (exact) mass is 454 g/mol. The Bertz CT molecular complexity index is 1150. The molecule has 0 radical (unpaired) electrons. The van der Waals surface area contributed by atoms with E-state index in [9.17, 15) is 13.2 Å². The smallest absolute Gasteiger partial charge is 0.333 e. The van der Waals surface area contributed by atoms with E-state index >= 15 is 0 Å². The molecule has 6 nitrogen and oxygen atoms in total. The fourth-order valence-corrected chi connectivity index (χ4v) is 5.53. The molecule has 7 heteroatoms. The predicted molar refractivity (Wildman–Crippen MR) is 126 cm³/mol. The molecule has 0 fully saturated rings. The number of nitrogens with zero attached hydrogens (tertiary/aromatic N) is 2. The summed E-state index contributed by atoms with van der Waals surface area (Å²) in [5, 5.41) is 4.65. The summed E-state index contributed by atoms with van der Waals surface area (Å²) < 4.78 is 33.2. The highest BCUT2D eigenvalue weighted by atomic mass is 32.2. The van der Waals surface area contributed by atoms with Crippen molar-refractivity contribution in [2.24, 2.45) is 10.5 Å². The van der Waals surface area contributed by atoms with Crippen molar-refractivity contribution in [1.82, 2.24) is 4.41 Å². The van der Waals surface area contributed by atoms with Gasteiger partial charge in [0.05, 0.1) is 23.8 Å². The Morgan fingerprint density at radius 2 is 1.59 bits per heavy atom. The molecule has 0 aliphatic carbocycles. The van der Waals surface area contributed by atoms with Gasteiger partial charge in [-0.05, 0) is 44.4 Å². The molecule has 1 heterocycles. The quantitative estimate of drug-likeness (QED) is 0.452. The predicted octanol–water partition coefficient (Wildman–Crippen LogP) is 4.62. The third-order valence-corrected chi connectivity index (χ3v) is 7.69. The first-order chi connectivity index (χ1) is 15.0. The first kappa shape index (κ1) is 23.7. The molecule has 0 spiro atoms. The summed E-state index contributed by atoms with van der Waals surface area (Å²) in [7, 11) is -2.59. The molecule has 0 unspecified atom stereocenters. The van der Waals surface area contributed by atoms with Crippen LogP contribution in [0.4, 0.5) is 0 Å². The van der Waals surface area contributed by atoms with Crippen molar-refractivity contribution in [2.75, 3.05) is 7.11 Å². The van der Waals surface area contributed by atoms with E-state index in [2.05, 4.69) is 11.7 Å². The fourth-order valence-electron chi connectivity index (χ4n) is 3.94. The molecule has 0 saturated heterocycles. The number of hydrazone groups is 1. The zero-order chi connectivity index (χ0) is 23.7. The molecule has 1 atom stereocenters. The van der Waals surface area contributed by atoms with Crippen molar-refractivity contribution in [1.29, 1.82) is 0 Å². The highest BCUT2D eigenvalue weighted by molar-refractivity contribution is 7.89. The number of methoxy groups -OCH3 is 1. The van der Waals surface area contributed by atoms with Gasteiger partial charge in [0.25, 0.3) is 10.0 Å². The number of esters is 1. The van der Waals surface area contributed by atoms with Crippen molar-refractivity contribution >= 4 is 21.7 Å². The maximum absolute atomic E-state index is 13.6. The molecule has 170 valence electrons. The van der Waals surface area contributed by atoms with E-state index in [1.807, 2.05) is 52.0 Å². The second-order valence-corrected chi connectivity index (χ2v) is 10.6. The molecule has 32 heavy (non-hydrogen) atoms. The lowest BCUT2D eigenvalue weighted by atomic mass is 9.76. The minimum Gasteiger partial charge on any atom is -0.466 e. The normalized spacial score (nSPS) is 17.7. The average molecular weight is 455 g/mol. The number of aryl methyl sites for hydroxylation is 2. The van der Waals surface area contributed by atoms with E-state index in [0.29, 0.717) is 24.1 Å². The number of rotatable bonds is 7. The van der Waals surface area contributed by atoms with Gasteiger partial charge in [0, 0.05) is 11.0 Å². The first-order valence-electron chi connectivity index (χ1n) is 10.5. The number of sulfonamides is 1. The lowest BCUT2D eigenvalue weighted by Gasteiger charge is -2.32. The van der Waals surface area contributed by atoms with Crippen LogP contribution in [0.2, 0.25) is 0 Å². The van der Waals surface area contributed by atoms with Gasteiger partial charge in [0.15, 0.2) is 0 Å². The highest BCUT2D eigenvalue weighted by Crippen LogP contribution is 2.42. The van der Waals surface area contributed by atoms with E-state index < -0.39 is 27.4 Å². The van der Waals surface area contributed by atoms with Gasteiger partial charge >= 0.3 is 5.97 Å². The van der Waals surface area contributed by atoms with Gasteiger partial charge in [-0.2, -0.15) is 17.9 Å². The van der Waals surface area contributed by atoms with E-state index in [4.69, 9.17) is 4.74 Å². The van der Waals surface area contributed by atoms with Crippen LogP contribution in [-0.2, 0) is 19.6 Å². The van der Waals surface area contributed by atoms with Gasteiger partial charge in [-0.15, -0.1) is 0 Å². The van der Waals surface area contributed by atoms with Crippen LogP contribution in [0.25, 0.3) is 0 Å². The minimum atomic E-state index is -3.90. The molecule has 0 aromatic heterocycles. The molecular formula is C25H30N2O4S. The second-order valence-electron chi connectivity index (χ2n) is 8.78. The first-order valence-corrected chi connectivity index (χ1v) is 12.0. The summed E-state index contributed by atoms with van der Waals surface area (Å²) in [6, 6.07) is 14.1. The SMILES string of the molecule is C=C(CC[C@@H]1N(S(=O)(=O)c2ccc(C)cc2)N=C(c2ccc(C)cc2)C1(C)C)C(=O)OC. The van der Waals surface area contributed by atoms with Crippen LogP contribution in [0, 0.1) is 19.3 Å². The summed E-state index contributed by atoms with van der Waals surface area (Å²) in [5.74, 6) is -0.492. The molecule has 2 aromatic carbocycles. The zero-order valence-corrected chi connectivity index (χ0v) is 20.1. The van der Waals surface area contributed by atoms with Crippen molar-refractivity contribution in [3.8, 4) is 0 Å².